The average Bonchev–Trinajstić information content (AvgIpc) is 2.63. The Labute approximate surface area is 140 Å². The molecule has 0 spiro atoms. The smallest absolute Gasteiger partial charge is 0.0843 e. The zero-order chi connectivity index (χ0) is 13.3. The van der Waals surface area contributed by atoms with E-state index < -0.39 is 0 Å². The van der Waals surface area contributed by atoms with Crippen LogP contribution in [0.15, 0.2) is 37.0 Å². The van der Waals surface area contributed by atoms with Crippen LogP contribution in [0, 0.1) is 0 Å². The Hall–Kier alpha value is 0.610. The molecule has 1 aromatic heterocycles. The van der Waals surface area contributed by atoms with E-state index in [4.69, 9.17) is 11.6 Å². The number of hydrogen-bond donors (Lipinski definition) is 1. The highest BCUT2D eigenvalue weighted by Gasteiger charge is 2.18. The molecule has 2 rings (SSSR count). The Morgan fingerprint density at radius 3 is 2.44 bits per heavy atom. The van der Waals surface area contributed by atoms with Gasteiger partial charge in [0.2, 0.25) is 0 Å². The van der Waals surface area contributed by atoms with Gasteiger partial charge in [0.1, 0.15) is 0 Å². The van der Waals surface area contributed by atoms with E-state index in [0.29, 0.717) is 0 Å². The van der Waals surface area contributed by atoms with E-state index in [9.17, 15) is 0 Å². The number of nitrogens with one attached hydrogen (secondary N) is 1. The minimum absolute atomic E-state index is 0.0956. The van der Waals surface area contributed by atoms with Crippen molar-refractivity contribution in [2.24, 2.45) is 0 Å². The van der Waals surface area contributed by atoms with Crippen molar-refractivity contribution >= 4 is 70.7 Å². The minimum atomic E-state index is 0.0956. The molecular formula is C12H9Br3ClNS. The lowest BCUT2D eigenvalue weighted by atomic mass is 10.1. The van der Waals surface area contributed by atoms with Crippen LogP contribution in [0.3, 0.4) is 0 Å². The minimum Gasteiger partial charge on any atom is -0.309 e. The molecule has 0 saturated carbocycles. The van der Waals surface area contributed by atoms with E-state index >= 15 is 0 Å². The molecule has 0 radical (unpaired) electrons. The van der Waals surface area contributed by atoms with Crippen molar-refractivity contribution in [3.05, 3.63) is 52.5 Å². The van der Waals surface area contributed by atoms with Crippen molar-refractivity contribution in [1.82, 2.24) is 5.32 Å². The normalized spacial score (nSPS) is 12.7. The van der Waals surface area contributed by atoms with Crippen molar-refractivity contribution in [3.8, 4) is 0 Å². The fourth-order valence-corrected chi connectivity index (χ4v) is 4.69. The Bertz CT molecular complexity index is 551. The van der Waals surface area contributed by atoms with Crippen molar-refractivity contribution < 1.29 is 0 Å². The zero-order valence-corrected chi connectivity index (χ0v) is 15.6. The molecular weight excluding hydrogens is 465 g/mol. The van der Waals surface area contributed by atoms with Crippen LogP contribution < -0.4 is 5.32 Å². The van der Waals surface area contributed by atoms with Crippen LogP contribution in [0.2, 0.25) is 5.02 Å². The lowest BCUT2D eigenvalue weighted by molar-refractivity contribution is 0.704. The monoisotopic (exact) mass is 471 g/mol. The first-order valence-corrected chi connectivity index (χ1v) is 8.67. The van der Waals surface area contributed by atoms with Gasteiger partial charge in [0.15, 0.2) is 0 Å². The lowest BCUT2D eigenvalue weighted by Gasteiger charge is -2.16. The van der Waals surface area contributed by atoms with Crippen LogP contribution in [-0.4, -0.2) is 7.05 Å². The van der Waals surface area contributed by atoms with Crippen LogP contribution in [0.5, 0.6) is 0 Å². The summed E-state index contributed by atoms with van der Waals surface area (Å²) in [5, 5.41) is 4.06. The molecule has 1 aromatic carbocycles. The summed E-state index contributed by atoms with van der Waals surface area (Å²) in [6.45, 7) is 0. The van der Waals surface area contributed by atoms with Gasteiger partial charge in [0, 0.05) is 18.8 Å². The predicted octanol–water partition coefficient (Wildman–Crippen LogP) is 6.00. The van der Waals surface area contributed by atoms with E-state index in [-0.39, 0.29) is 6.04 Å². The van der Waals surface area contributed by atoms with E-state index in [1.54, 1.807) is 11.3 Å². The van der Waals surface area contributed by atoms with Gasteiger partial charge in [0.25, 0.3) is 0 Å². The first-order chi connectivity index (χ1) is 8.52. The second-order valence-electron chi connectivity index (χ2n) is 3.66. The van der Waals surface area contributed by atoms with Crippen molar-refractivity contribution in [2.75, 3.05) is 7.05 Å². The van der Waals surface area contributed by atoms with E-state index in [2.05, 4.69) is 59.2 Å². The number of hydrogen-bond acceptors (Lipinski definition) is 2. The van der Waals surface area contributed by atoms with Gasteiger partial charge >= 0.3 is 0 Å². The highest BCUT2D eigenvalue weighted by atomic mass is 79.9. The maximum atomic E-state index is 6.31. The van der Waals surface area contributed by atoms with Gasteiger partial charge in [-0.2, -0.15) is 0 Å². The summed E-state index contributed by atoms with van der Waals surface area (Å²) < 4.78 is 3.14. The lowest BCUT2D eigenvalue weighted by Crippen LogP contribution is -2.16. The van der Waals surface area contributed by atoms with Crippen molar-refractivity contribution in [1.29, 1.82) is 0 Å². The summed E-state index contributed by atoms with van der Waals surface area (Å²) in [4.78, 5) is 1.21. The molecule has 1 nitrogen and oxygen atoms in total. The van der Waals surface area contributed by atoms with Gasteiger partial charge in [-0.15, -0.1) is 11.3 Å². The van der Waals surface area contributed by atoms with Gasteiger partial charge in [-0.25, -0.2) is 0 Å². The Morgan fingerprint density at radius 2 is 1.94 bits per heavy atom. The summed E-state index contributed by atoms with van der Waals surface area (Å²) in [7, 11) is 1.94. The zero-order valence-electron chi connectivity index (χ0n) is 9.31. The van der Waals surface area contributed by atoms with E-state index in [1.807, 2.05) is 25.2 Å². The van der Waals surface area contributed by atoms with Crippen LogP contribution in [0.4, 0.5) is 0 Å². The number of thiophene rings is 1. The summed E-state index contributed by atoms with van der Waals surface area (Å²) in [6, 6.07) is 8.16. The van der Waals surface area contributed by atoms with Crippen LogP contribution >= 0.6 is 70.7 Å². The fraction of sp³-hybridized carbons (Fsp3) is 0.167. The second kappa shape index (κ2) is 6.37. The summed E-state index contributed by atoms with van der Waals surface area (Å²) in [5.74, 6) is 0. The molecule has 0 aliphatic rings. The molecule has 0 aliphatic heterocycles. The largest absolute Gasteiger partial charge is 0.309 e. The molecule has 1 unspecified atom stereocenters. The first kappa shape index (κ1) is 15.0. The molecule has 0 aliphatic carbocycles. The third kappa shape index (κ3) is 3.19. The molecule has 0 fully saturated rings. The molecule has 1 N–H and O–H groups in total. The van der Waals surface area contributed by atoms with Gasteiger partial charge < -0.3 is 5.32 Å². The number of rotatable bonds is 3. The number of benzene rings is 1. The van der Waals surface area contributed by atoms with Crippen molar-refractivity contribution in [2.45, 2.75) is 6.04 Å². The van der Waals surface area contributed by atoms with Gasteiger partial charge in [-0.3, -0.25) is 0 Å². The number of halogens is 4. The van der Waals surface area contributed by atoms with Gasteiger partial charge in [-0.05, 0) is 62.7 Å². The Kier molecular flexibility index (Phi) is 5.31. The van der Waals surface area contributed by atoms with Gasteiger partial charge in [0.05, 0.1) is 9.83 Å². The average molecular weight is 474 g/mol. The Morgan fingerprint density at radius 1 is 1.22 bits per heavy atom. The molecule has 0 saturated heterocycles. The van der Waals surface area contributed by atoms with Crippen LogP contribution in [0.25, 0.3) is 0 Å². The SMILES string of the molecule is CNC(c1cc(Br)c(Br)s1)c1ccc(Br)cc1Cl. The van der Waals surface area contributed by atoms with Crippen molar-refractivity contribution in [3.63, 3.8) is 0 Å². The topological polar surface area (TPSA) is 12.0 Å². The van der Waals surface area contributed by atoms with Crippen LogP contribution in [-0.2, 0) is 0 Å². The summed E-state index contributed by atoms with van der Waals surface area (Å²) >= 11 is 18.5. The predicted molar refractivity (Wildman–Crippen MR) is 89.8 cm³/mol. The second-order valence-corrected chi connectivity index (χ2v) is 8.24. The molecule has 6 heteroatoms. The highest BCUT2D eigenvalue weighted by molar-refractivity contribution is 9.13. The van der Waals surface area contributed by atoms with E-state index in [0.717, 1.165) is 23.3 Å². The summed E-state index contributed by atoms with van der Waals surface area (Å²) in [6.07, 6.45) is 0. The quantitative estimate of drug-likeness (QED) is 0.576. The highest BCUT2D eigenvalue weighted by Crippen LogP contribution is 2.39. The maximum absolute atomic E-state index is 6.31. The third-order valence-corrected chi connectivity index (χ3v) is 6.65. The molecule has 0 amide bonds. The molecule has 1 heterocycles. The molecule has 1 atom stereocenters. The third-order valence-electron chi connectivity index (χ3n) is 2.51. The standard InChI is InChI=1S/C12H9Br3ClNS/c1-17-11(10-5-8(14)12(15)18-10)7-3-2-6(13)4-9(7)16/h2-5,11,17H,1H3. The maximum Gasteiger partial charge on any atom is 0.0843 e. The molecule has 18 heavy (non-hydrogen) atoms. The van der Waals surface area contributed by atoms with E-state index in [1.165, 1.54) is 4.88 Å². The first-order valence-electron chi connectivity index (χ1n) is 5.10. The molecule has 2 aromatic rings. The summed E-state index contributed by atoms with van der Waals surface area (Å²) in [5.41, 5.74) is 1.07. The van der Waals surface area contributed by atoms with Gasteiger partial charge in [-0.1, -0.05) is 33.6 Å². The van der Waals surface area contributed by atoms with Crippen LogP contribution in [0.1, 0.15) is 16.5 Å². The fourth-order valence-electron chi connectivity index (χ4n) is 1.69. The molecule has 0 bridgehead atoms. The molecule has 96 valence electrons. The Balaban J connectivity index is 2.45.